The number of likely N-dealkylation sites (N-methyl/N-ethyl adjacent to an activating group) is 1. The van der Waals surface area contributed by atoms with E-state index in [0.29, 0.717) is 12.3 Å². The number of unbranched alkanes of at least 4 members (excludes halogenated alkanes) is 2. The number of allylic oxidation sites excluding steroid dienone is 6. The lowest BCUT2D eigenvalue weighted by molar-refractivity contribution is -0.438. The summed E-state index contributed by atoms with van der Waals surface area (Å²) in [7, 11) is 0. The molecule has 4 rings (SSSR count). The number of hydrogen-bond acceptors (Lipinski definition) is 2. The van der Waals surface area contributed by atoms with Crippen LogP contribution >= 0.6 is 0 Å². The number of anilines is 1. The first-order valence-electron chi connectivity index (χ1n) is 16.4. The third-order valence-corrected chi connectivity index (χ3v) is 9.22. The van der Waals surface area contributed by atoms with E-state index in [1.54, 1.807) is 0 Å². The van der Waals surface area contributed by atoms with Gasteiger partial charge >= 0.3 is 0 Å². The lowest BCUT2D eigenvalue weighted by atomic mass is 9.81. The van der Waals surface area contributed by atoms with Gasteiger partial charge < -0.3 is 10.2 Å². The minimum atomic E-state index is -0.0678. The molecule has 0 fully saturated rings. The average Bonchev–Trinajstić information content (AvgIpc) is 3.30. The van der Waals surface area contributed by atoms with Crippen LogP contribution in [0.1, 0.15) is 97.3 Å². The molecule has 2 aliphatic heterocycles. The molecule has 2 aromatic rings. The molecule has 2 heterocycles. The van der Waals surface area contributed by atoms with Gasteiger partial charge in [-0.25, -0.2) is 0 Å². The summed E-state index contributed by atoms with van der Waals surface area (Å²) in [6.07, 6.45) is 15.9. The Kier molecular flexibility index (Phi) is 10.5. The summed E-state index contributed by atoms with van der Waals surface area (Å²) in [4.78, 5) is 14.6. The molecule has 4 heteroatoms. The van der Waals surface area contributed by atoms with Crippen molar-refractivity contribution >= 4 is 23.0 Å². The van der Waals surface area contributed by atoms with E-state index in [9.17, 15) is 4.79 Å². The summed E-state index contributed by atoms with van der Waals surface area (Å²) >= 11 is 0. The first-order chi connectivity index (χ1) is 20.5. The van der Waals surface area contributed by atoms with Gasteiger partial charge in [0.25, 0.3) is 0 Å². The van der Waals surface area contributed by atoms with Crippen molar-refractivity contribution in [1.29, 1.82) is 0 Å². The van der Waals surface area contributed by atoms with Crippen LogP contribution in [0.5, 0.6) is 0 Å². The van der Waals surface area contributed by atoms with E-state index in [0.717, 1.165) is 45.3 Å². The molecule has 0 spiro atoms. The Bertz CT molecular complexity index is 1420. The largest absolute Gasteiger partial charge is 0.356 e. The SMILES string of the molecule is CCN1C(=CC=CC=CC2=[N+](CCCCCC(=O)NCCC(C)C)c3ccccc3C2(C)C)C(C)(C)c2cc(C)ccc21. The highest BCUT2D eigenvalue weighted by Crippen LogP contribution is 2.47. The Morgan fingerprint density at radius 3 is 2.47 bits per heavy atom. The minimum absolute atomic E-state index is 0.0270. The summed E-state index contributed by atoms with van der Waals surface area (Å²) in [6, 6.07) is 15.6. The van der Waals surface area contributed by atoms with Crippen molar-refractivity contribution in [3.63, 3.8) is 0 Å². The molecule has 1 N–H and O–H groups in total. The van der Waals surface area contributed by atoms with Gasteiger partial charge in [0.2, 0.25) is 11.6 Å². The van der Waals surface area contributed by atoms with Gasteiger partial charge in [-0.1, -0.05) is 81.8 Å². The minimum Gasteiger partial charge on any atom is -0.356 e. The fourth-order valence-electron chi connectivity index (χ4n) is 6.69. The third kappa shape index (κ3) is 7.22. The monoisotopic (exact) mass is 580 g/mol. The number of rotatable bonds is 13. The zero-order chi connectivity index (χ0) is 31.2. The van der Waals surface area contributed by atoms with Crippen molar-refractivity contribution in [3.8, 4) is 0 Å². The summed E-state index contributed by atoms with van der Waals surface area (Å²) in [6.45, 7) is 20.8. The van der Waals surface area contributed by atoms with Crippen LogP contribution < -0.4 is 10.2 Å². The van der Waals surface area contributed by atoms with Crippen LogP contribution in [0.15, 0.2) is 78.5 Å². The van der Waals surface area contributed by atoms with Gasteiger partial charge in [0.1, 0.15) is 6.54 Å². The number of amides is 1. The van der Waals surface area contributed by atoms with Crippen LogP contribution in [0.4, 0.5) is 11.4 Å². The molecular formula is C39H54N3O+. The molecule has 0 bridgehead atoms. The molecule has 0 radical (unpaired) electrons. The van der Waals surface area contributed by atoms with E-state index in [4.69, 9.17) is 0 Å². The number of benzene rings is 2. The van der Waals surface area contributed by atoms with Crippen LogP contribution in [-0.2, 0) is 15.6 Å². The van der Waals surface area contributed by atoms with Crippen LogP contribution in [-0.4, -0.2) is 35.8 Å². The zero-order valence-electron chi connectivity index (χ0n) is 28.0. The number of fused-ring (bicyclic) bond motifs is 2. The fraction of sp³-hybridized carbons (Fsp3) is 0.487. The Labute approximate surface area is 261 Å². The Hall–Kier alpha value is -3.40. The maximum absolute atomic E-state index is 12.2. The van der Waals surface area contributed by atoms with Crippen LogP contribution in [0, 0.1) is 12.8 Å². The second-order valence-corrected chi connectivity index (χ2v) is 13.7. The van der Waals surface area contributed by atoms with Gasteiger partial charge in [0, 0.05) is 60.4 Å². The third-order valence-electron chi connectivity index (χ3n) is 9.22. The molecule has 0 aliphatic carbocycles. The van der Waals surface area contributed by atoms with Gasteiger partial charge in [0.05, 0.1) is 5.41 Å². The van der Waals surface area contributed by atoms with Crippen LogP contribution in [0.3, 0.4) is 0 Å². The van der Waals surface area contributed by atoms with Crippen molar-refractivity contribution in [2.24, 2.45) is 5.92 Å². The van der Waals surface area contributed by atoms with Crippen LogP contribution in [0.2, 0.25) is 0 Å². The molecule has 1 amide bonds. The number of nitrogens with zero attached hydrogens (tertiary/aromatic N) is 2. The molecule has 230 valence electrons. The number of aryl methyl sites for hydroxylation is 1. The lowest BCUT2D eigenvalue weighted by Gasteiger charge is -2.25. The highest BCUT2D eigenvalue weighted by molar-refractivity contribution is 6.03. The molecule has 4 nitrogen and oxygen atoms in total. The first kappa shape index (κ1) is 32.5. The molecule has 0 unspecified atom stereocenters. The van der Waals surface area contributed by atoms with Gasteiger partial charge in [-0.05, 0) is 70.6 Å². The van der Waals surface area contributed by atoms with Crippen molar-refractivity contribution < 1.29 is 9.37 Å². The number of nitrogens with one attached hydrogen (secondary N) is 1. The predicted octanol–water partition coefficient (Wildman–Crippen LogP) is 8.91. The lowest BCUT2D eigenvalue weighted by Crippen LogP contribution is -2.28. The van der Waals surface area contributed by atoms with E-state index < -0.39 is 0 Å². The van der Waals surface area contributed by atoms with Crippen molar-refractivity contribution in [2.75, 3.05) is 24.5 Å². The normalized spacial score (nSPS) is 18.0. The predicted molar refractivity (Wildman–Crippen MR) is 184 cm³/mol. The van der Waals surface area contributed by atoms with Crippen LogP contribution in [0.25, 0.3) is 0 Å². The molecule has 0 saturated carbocycles. The summed E-state index contributed by atoms with van der Waals surface area (Å²) < 4.78 is 2.50. The van der Waals surface area contributed by atoms with Gasteiger partial charge in [0.15, 0.2) is 5.71 Å². The standard InChI is InChI=1S/C39H53N3O/c1-9-41-34-24-23-30(4)28-32(34)39(7,8)35(41)20-12-10-13-21-36-38(5,6)31-18-15-16-19-33(31)42(36)27-17-11-14-22-37(43)40-26-25-29(2)3/h10,12-13,15-16,18-21,23-24,28-29H,9,11,14,17,22,25-27H2,1-8H3/p+1. The Morgan fingerprint density at radius 1 is 0.953 bits per heavy atom. The fourth-order valence-corrected chi connectivity index (χ4v) is 6.69. The summed E-state index contributed by atoms with van der Waals surface area (Å²) in [5.41, 5.74) is 9.32. The van der Waals surface area contributed by atoms with E-state index in [-0.39, 0.29) is 16.7 Å². The van der Waals surface area contributed by atoms with E-state index in [1.807, 2.05) is 0 Å². The topological polar surface area (TPSA) is 35.4 Å². The Morgan fingerprint density at radius 2 is 1.72 bits per heavy atom. The number of carbonyl (C=O) groups is 1. The highest BCUT2D eigenvalue weighted by atomic mass is 16.1. The molecular weight excluding hydrogens is 526 g/mol. The van der Waals surface area contributed by atoms with Gasteiger partial charge in [-0.3, -0.25) is 4.79 Å². The van der Waals surface area contributed by atoms with Crippen molar-refractivity contribution in [3.05, 3.63) is 95.2 Å². The smallest absolute Gasteiger partial charge is 0.219 e. The molecule has 2 aliphatic rings. The zero-order valence-corrected chi connectivity index (χ0v) is 28.0. The van der Waals surface area contributed by atoms with E-state index >= 15 is 0 Å². The second kappa shape index (κ2) is 13.9. The maximum Gasteiger partial charge on any atom is 0.219 e. The highest BCUT2D eigenvalue weighted by Gasteiger charge is 2.43. The van der Waals surface area contributed by atoms with Gasteiger partial charge in [-0.15, -0.1) is 0 Å². The second-order valence-electron chi connectivity index (χ2n) is 13.7. The molecule has 2 aromatic carbocycles. The summed E-state index contributed by atoms with van der Waals surface area (Å²) in [5.74, 6) is 0.806. The van der Waals surface area contributed by atoms with E-state index in [1.165, 1.54) is 39.5 Å². The molecule has 0 atom stereocenters. The van der Waals surface area contributed by atoms with Gasteiger partial charge in [-0.2, -0.15) is 4.58 Å². The average molecular weight is 581 g/mol. The number of hydrogen-bond donors (Lipinski definition) is 1. The quantitative estimate of drug-likeness (QED) is 0.146. The molecule has 0 saturated heterocycles. The Balaban J connectivity index is 1.45. The number of carbonyl (C=O) groups excluding carboxylic acids is 1. The molecule has 0 aromatic heterocycles. The first-order valence-corrected chi connectivity index (χ1v) is 16.4. The summed E-state index contributed by atoms with van der Waals surface area (Å²) in [5, 5.41) is 3.07. The van der Waals surface area contributed by atoms with Crippen molar-refractivity contribution in [2.45, 2.75) is 98.3 Å². The van der Waals surface area contributed by atoms with E-state index in [2.05, 4.69) is 143 Å². The number of para-hydroxylation sites is 1. The molecule has 43 heavy (non-hydrogen) atoms. The van der Waals surface area contributed by atoms with Crippen molar-refractivity contribution in [1.82, 2.24) is 5.32 Å². The maximum atomic E-state index is 12.2.